The lowest BCUT2D eigenvalue weighted by Crippen LogP contribution is -2.40. The lowest BCUT2D eigenvalue weighted by Gasteiger charge is -2.30. The zero-order valence-corrected chi connectivity index (χ0v) is 14.0. The van der Waals surface area contributed by atoms with E-state index in [-0.39, 0.29) is 18.1 Å². The smallest absolute Gasteiger partial charge is 0.251 e. The molecule has 1 fully saturated rings. The quantitative estimate of drug-likeness (QED) is 0.943. The number of hydrogen-bond donors (Lipinski definition) is 1. The molecule has 0 saturated carbocycles. The Labute approximate surface area is 142 Å². The highest BCUT2D eigenvalue weighted by Gasteiger charge is 2.28. The van der Waals surface area contributed by atoms with Crippen LogP contribution in [0.15, 0.2) is 30.7 Å². The van der Waals surface area contributed by atoms with Crippen LogP contribution in [0.3, 0.4) is 0 Å². The Bertz CT molecular complexity index is 753. The highest BCUT2D eigenvalue weighted by Crippen LogP contribution is 2.29. The number of fused-ring (bicyclic) bond motifs is 1. The number of aromatic nitrogens is 2. The average Bonchev–Trinajstić information content (AvgIpc) is 3.23. The molecule has 0 radical (unpaired) electrons. The van der Waals surface area contributed by atoms with Crippen LogP contribution in [0.2, 0.25) is 0 Å². The van der Waals surface area contributed by atoms with Gasteiger partial charge in [0.15, 0.2) is 0 Å². The molecule has 1 N–H and O–H groups in total. The Morgan fingerprint density at radius 3 is 3.12 bits per heavy atom. The SMILES string of the molecule is Cn1cncc1[C@H]1C[C@@H](NC(=O)c2cccc3c2CCC3)CCO1. The molecule has 1 amide bonds. The van der Waals surface area contributed by atoms with Gasteiger partial charge in [-0.1, -0.05) is 12.1 Å². The molecule has 1 aromatic heterocycles. The summed E-state index contributed by atoms with van der Waals surface area (Å²) in [6, 6.07) is 6.24. The van der Waals surface area contributed by atoms with Crippen molar-refractivity contribution >= 4 is 5.91 Å². The number of carbonyl (C=O) groups excluding carboxylic acids is 1. The predicted molar refractivity (Wildman–Crippen MR) is 90.9 cm³/mol. The van der Waals surface area contributed by atoms with Crippen LogP contribution in [0, 0.1) is 0 Å². The van der Waals surface area contributed by atoms with Crippen LogP contribution in [0.5, 0.6) is 0 Å². The maximum Gasteiger partial charge on any atom is 0.251 e. The summed E-state index contributed by atoms with van der Waals surface area (Å²) in [6.45, 7) is 0.660. The van der Waals surface area contributed by atoms with E-state index in [2.05, 4.69) is 16.4 Å². The van der Waals surface area contributed by atoms with Gasteiger partial charge in [-0.3, -0.25) is 4.79 Å². The zero-order chi connectivity index (χ0) is 16.5. The highest BCUT2D eigenvalue weighted by atomic mass is 16.5. The number of imidazole rings is 1. The van der Waals surface area contributed by atoms with Gasteiger partial charge < -0.3 is 14.6 Å². The van der Waals surface area contributed by atoms with Crippen molar-refractivity contribution in [3.05, 3.63) is 53.1 Å². The van der Waals surface area contributed by atoms with Crippen molar-refractivity contribution in [3.63, 3.8) is 0 Å². The summed E-state index contributed by atoms with van der Waals surface area (Å²) in [5.74, 6) is 0.0596. The normalized spacial score (nSPS) is 23.0. The summed E-state index contributed by atoms with van der Waals surface area (Å²) in [5, 5.41) is 3.23. The van der Waals surface area contributed by atoms with Crippen molar-refractivity contribution in [2.75, 3.05) is 6.61 Å². The summed E-state index contributed by atoms with van der Waals surface area (Å²) < 4.78 is 7.87. The van der Waals surface area contributed by atoms with Gasteiger partial charge in [0, 0.05) is 25.3 Å². The number of nitrogens with zero attached hydrogens (tertiary/aromatic N) is 2. The van der Waals surface area contributed by atoms with Crippen molar-refractivity contribution < 1.29 is 9.53 Å². The van der Waals surface area contributed by atoms with E-state index in [4.69, 9.17) is 4.74 Å². The molecule has 1 saturated heterocycles. The van der Waals surface area contributed by atoms with Crippen LogP contribution in [-0.4, -0.2) is 28.1 Å². The first-order valence-electron chi connectivity index (χ1n) is 8.72. The van der Waals surface area contributed by atoms with E-state index >= 15 is 0 Å². The van der Waals surface area contributed by atoms with Crippen LogP contribution < -0.4 is 5.32 Å². The molecular weight excluding hydrogens is 302 g/mol. The number of amides is 1. The van der Waals surface area contributed by atoms with Gasteiger partial charge in [0.1, 0.15) is 6.10 Å². The molecule has 5 heteroatoms. The van der Waals surface area contributed by atoms with Crippen molar-refractivity contribution in [2.45, 2.75) is 44.2 Å². The van der Waals surface area contributed by atoms with E-state index in [0.29, 0.717) is 6.61 Å². The largest absolute Gasteiger partial charge is 0.372 e. The molecule has 1 aliphatic carbocycles. The average molecular weight is 325 g/mol. The minimum Gasteiger partial charge on any atom is -0.372 e. The molecular formula is C19H23N3O2. The molecule has 2 aliphatic rings. The van der Waals surface area contributed by atoms with Crippen molar-refractivity contribution in [1.29, 1.82) is 0 Å². The maximum atomic E-state index is 12.8. The van der Waals surface area contributed by atoms with Gasteiger partial charge >= 0.3 is 0 Å². The number of hydrogen-bond acceptors (Lipinski definition) is 3. The first kappa shape index (κ1) is 15.4. The van der Waals surface area contributed by atoms with Gasteiger partial charge in [-0.05, 0) is 49.3 Å². The number of benzene rings is 1. The standard InChI is InChI=1S/C19H23N3O2/c1-22-12-20-11-17(22)18-10-14(8-9-24-18)21-19(23)16-7-3-5-13-4-2-6-15(13)16/h3,5,7,11-12,14,18H,2,4,6,8-10H2,1H3,(H,21,23)/t14-,18+/m0/s1. The molecule has 4 rings (SSSR count). The Hall–Kier alpha value is -2.14. The number of aryl methyl sites for hydroxylation is 2. The summed E-state index contributed by atoms with van der Waals surface area (Å²) in [7, 11) is 1.97. The molecule has 1 aliphatic heterocycles. The molecule has 0 spiro atoms. The second kappa shape index (κ2) is 6.40. The van der Waals surface area contributed by atoms with Gasteiger partial charge in [-0.15, -0.1) is 0 Å². The minimum absolute atomic E-state index is 0.00182. The van der Waals surface area contributed by atoms with Crippen LogP contribution in [-0.2, 0) is 24.6 Å². The molecule has 0 bridgehead atoms. The van der Waals surface area contributed by atoms with Crippen LogP contribution in [0.4, 0.5) is 0 Å². The highest BCUT2D eigenvalue weighted by molar-refractivity contribution is 5.96. The third kappa shape index (κ3) is 2.84. The van der Waals surface area contributed by atoms with Gasteiger partial charge in [0.05, 0.1) is 18.2 Å². The lowest BCUT2D eigenvalue weighted by atomic mass is 9.99. The molecule has 5 nitrogen and oxygen atoms in total. The maximum absolute atomic E-state index is 12.8. The van der Waals surface area contributed by atoms with Crippen LogP contribution in [0.25, 0.3) is 0 Å². The van der Waals surface area contributed by atoms with E-state index in [0.717, 1.165) is 43.4 Å². The van der Waals surface area contributed by atoms with E-state index in [1.54, 1.807) is 6.33 Å². The van der Waals surface area contributed by atoms with E-state index < -0.39 is 0 Å². The Morgan fingerprint density at radius 2 is 2.29 bits per heavy atom. The second-order valence-corrected chi connectivity index (χ2v) is 6.78. The number of nitrogens with one attached hydrogen (secondary N) is 1. The van der Waals surface area contributed by atoms with Gasteiger partial charge in [-0.2, -0.15) is 0 Å². The van der Waals surface area contributed by atoms with Gasteiger partial charge in [0.25, 0.3) is 5.91 Å². The Morgan fingerprint density at radius 1 is 1.38 bits per heavy atom. The Balaban J connectivity index is 1.46. The molecule has 1 aromatic carbocycles. The number of carbonyl (C=O) groups is 1. The first-order valence-corrected chi connectivity index (χ1v) is 8.72. The Kier molecular flexibility index (Phi) is 4.10. The van der Waals surface area contributed by atoms with Crippen LogP contribution >= 0.6 is 0 Å². The zero-order valence-electron chi connectivity index (χ0n) is 14.0. The fourth-order valence-electron chi connectivity index (χ4n) is 3.91. The fraction of sp³-hybridized carbons (Fsp3) is 0.474. The van der Waals surface area contributed by atoms with Crippen molar-refractivity contribution in [2.24, 2.45) is 7.05 Å². The minimum atomic E-state index is -0.00182. The van der Waals surface area contributed by atoms with E-state index in [1.807, 2.05) is 29.9 Å². The molecule has 2 heterocycles. The fourth-order valence-corrected chi connectivity index (χ4v) is 3.91. The molecule has 126 valence electrons. The molecule has 0 unspecified atom stereocenters. The lowest BCUT2D eigenvalue weighted by molar-refractivity contribution is -0.00302. The third-order valence-electron chi connectivity index (χ3n) is 5.19. The molecule has 2 atom stereocenters. The first-order chi connectivity index (χ1) is 11.7. The summed E-state index contributed by atoms with van der Waals surface area (Å²) in [6.07, 6.45) is 8.54. The van der Waals surface area contributed by atoms with Crippen LogP contribution in [0.1, 0.15) is 52.5 Å². The monoisotopic (exact) mass is 325 g/mol. The third-order valence-corrected chi connectivity index (χ3v) is 5.19. The predicted octanol–water partition coefficient (Wildman–Crippen LogP) is 2.56. The van der Waals surface area contributed by atoms with Gasteiger partial charge in [0.2, 0.25) is 0 Å². The summed E-state index contributed by atoms with van der Waals surface area (Å²) in [4.78, 5) is 16.9. The van der Waals surface area contributed by atoms with Gasteiger partial charge in [-0.25, -0.2) is 4.98 Å². The number of rotatable bonds is 3. The van der Waals surface area contributed by atoms with E-state index in [9.17, 15) is 4.79 Å². The van der Waals surface area contributed by atoms with E-state index in [1.165, 1.54) is 11.1 Å². The second-order valence-electron chi connectivity index (χ2n) is 6.78. The topological polar surface area (TPSA) is 56.2 Å². The van der Waals surface area contributed by atoms with Crippen molar-refractivity contribution in [1.82, 2.24) is 14.9 Å². The molecule has 24 heavy (non-hydrogen) atoms. The summed E-state index contributed by atoms with van der Waals surface area (Å²) >= 11 is 0. The van der Waals surface area contributed by atoms with Crippen molar-refractivity contribution in [3.8, 4) is 0 Å². The molecule has 2 aromatic rings. The summed E-state index contributed by atoms with van der Waals surface area (Å²) in [5.41, 5.74) is 4.50. The number of ether oxygens (including phenoxy) is 1.